The predicted octanol–water partition coefficient (Wildman–Crippen LogP) is 4.44. The molecular formula is C25H25NO4. The van der Waals surface area contributed by atoms with Crippen molar-refractivity contribution in [2.24, 2.45) is 0 Å². The third-order valence-electron chi connectivity index (χ3n) is 5.37. The molecule has 154 valence electrons. The summed E-state index contributed by atoms with van der Waals surface area (Å²) in [5, 5.41) is 2.86. The molecule has 0 saturated heterocycles. The zero-order valence-corrected chi connectivity index (χ0v) is 17.2. The maximum absolute atomic E-state index is 12.1. The Labute approximate surface area is 176 Å². The number of fused-ring (bicyclic) bond motifs is 1. The summed E-state index contributed by atoms with van der Waals surface area (Å²) in [6.07, 6.45) is 0. The Hall–Kier alpha value is -3.47. The van der Waals surface area contributed by atoms with Crippen LogP contribution in [0.3, 0.4) is 0 Å². The van der Waals surface area contributed by atoms with Crippen molar-refractivity contribution in [3.63, 3.8) is 0 Å². The van der Waals surface area contributed by atoms with Crippen molar-refractivity contribution in [2.45, 2.75) is 25.8 Å². The second-order valence-corrected chi connectivity index (χ2v) is 7.77. The molecule has 0 spiro atoms. The number of carbonyl (C=O) groups excluding carboxylic acids is 1. The highest BCUT2D eigenvalue weighted by Gasteiger charge is 2.22. The molecule has 0 aliphatic carbocycles. The second-order valence-electron chi connectivity index (χ2n) is 7.77. The zero-order valence-electron chi connectivity index (χ0n) is 17.2. The minimum Gasteiger partial charge on any atom is -0.484 e. The van der Waals surface area contributed by atoms with Crippen LogP contribution in [0, 0.1) is 0 Å². The average Bonchev–Trinajstić information content (AvgIpc) is 3.25. The van der Waals surface area contributed by atoms with Crippen molar-refractivity contribution in [2.75, 3.05) is 13.4 Å². The van der Waals surface area contributed by atoms with Crippen molar-refractivity contribution in [3.05, 3.63) is 89.5 Å². The van der Waals surface area contributed by atoms with Crippen LogP contribution in [0.2, 0.25) is 0 Å². The van der Waals surface area contributed by atoms with Gasteiger partial charge in [0.2, 0.25) is 6.79 Å². The van der Waals surface area contributed by atoms with Gasteiger partial charge in [0, 0.05) is 12.0 Å². The van der Waals surface area contributed by atoms with E-state index in [1.165, 1.54) is 11.1 Å². The van der Waals surface area contributed by atoms with Gasteiger partial charge in [-0.05, 0) is 41.0 Å². The number of amides is 1. The van der Waals surface area contributed by atoms with E-state index in [0.717, 1.165) is 11.3 Å². The molecule has 30 heavy (non-hydrogen) atoms. The Bertz CT molecular complexity index is 1010. The van der Waals surface area contributed by atoms with Crippen LogP contribution in [0.15, 0.2) is 72.8 Å². The molecule has 0 bridgehead atoms. The van der Waals surface area contributed by atoms with E-state index in [1.54, 1.807) is 0 Å². The lowest BCUT2D eigenvalue weighted by atomic mass is 9.78. The highest BCUT2D eigenvalue weighted by Crippen LogP contribution is 2.33. The zero-order chi connectivity index (χ0) is 21.0. The number of benzene rings is 3. The van der Waals surface area contributed by atoms with Crippen molar-refractivity contribution in [1.29, 1.82) is 0 Å². The second kappa shape index (κ2) is 8.49. The SMILES string of the molecule is CC(C)(c1ccccc1)c1ccc(OCC(=O)NCc2ccc3c(c2)OCO3)cc1. The molecule has 3 aromatic carbocycles. The third-order valence-corrected chi connectivity index (χ3v) is 5.37. The first-order chi connectivity index (χ1) is 14.5. The van der Waals surface area contributed by atoms with Crippen molar-refractivity contribution >= 4 is 5.91 Å². The lowest BCUT2D eigenvalue weighted by Crippen LogP contribution is -2.28. The fourth-order valence-electron chi connectivity index (χ4n) is 3.44. The van der Waals surface area contributed by atoms with E-state index in [9.17, 15) is 4.79 Å². The number of hydrogen-bond acceptors (Lipinski definition) is 4. The van der Waals surface area contributed by atoms with Crippen molar-refractivity contribution in [1.82, 2.24) is 5.32 Å². The molecular weight excluding hydrogens is 378 g/mol. The third kappa shape index (κ3) is 4.40. The van der Waals surface area contributed by atoms with Gasteiger partial charge in [-0.3, -0.25) is 4.79 Å². The van der Waals surface area contributed by atoms with E-state index in [1.807, 2.05) is 48.5 Å². The predicted molar refractivity (Wildman–Crippen MR) is 115 cm³/mol. The quantitative estimate of drug-likeness (QED) is 0.634. The first-order valence-corrected chi connectivity index (χ1v) is 9.96. The molecule has 0 aromatic heterocycles. The van der Waals surface area contributed by atoms with Crippen LogP contribution in [0.4, 0.5) is 0 Å². The van der Waals surface area contributed by atoms with Crippen LogP contribution in [0.25, 0.3) is 0 Å². The maximum atomic E-state index is 12.1. The number of ether oxygens (including phenoxy) is 3. The summed E-state index contributed by atoms with van der Waals surface area (Å²) in [6.45, 7) is 5.00. The topological polar surface area (TPSA) is 56.8 Å². The molecule has 5 nitrogen and oxygen atoms in total. The highest BCUT2D eigenvalue weighted by molar-refractivity contribution is 5.77. The van der Waals surface area contributed by atoms with Gasteiger partial charge in [0.25, 0.3) is 5.91 Å². The molecule has 0 fully saturated rings. The molecule has 4 rings (SSSR count). The first-order valence-electron chi connectivity index (χ1n) is 9.96. The summed E-state index contributed by atoms with van der Waals surface area (Å²) in [5.41, 5.74) is 3.27. The van der Waals surface area contributed by atoms with Crippen molar-refractivity contribution < 1.29 is 19.0 Å². The van der Waals surface area contributed by atoms with Crippen LogP contribution in [-0.2, 0) is 16.8 Å². The van der Waals surface area contributed by atoms with Gasteiger partial charge >= 0.3 is 0 Å². The number of hydrogen-bond donors (Lipinski definition) is 1. The van der Waals surface area contributed by atoms with Gasteiger partial charge in [0.15, 0.2) is 18.1 Å². The van der Waals surface area contributed by atoms with E-state index >= 15 is 0 Å². The van der Waals surface area contributed by atoms with Gasteiger partial charge in [-0.15, -0.1) is 0 Å². The lowest BCUT2D eigenvalue weighted by molar-refractivity contribution is -0.123. The molecule has 5 heteroatoms. The van der Waals surface area contributed by atoms with E-state index in [2.05, 4.69) is 43.4 Å². The van der Waals surface area contributed by atoms with Crippen LogP contribution in [0.5, 0.6) is 17.2 Å². The first kappa shape index (κ1) is 19.8. The molecule has 1 amide bonds. The molecule has 0 saturated carbocycles. The summed E-state index contributed by atoms with van der Waals surface area (Å²) in [4.78, 5) is 12.1. The largest absolute Gasteiger partial charge is 0.484 e. The number of rotatable bonds is 7. The lowest BCUT2D eigenvalue weighted by Gasteiger charge is -2.26. The number of carbonyl (C=O) groups is 1. The van der Waals surface area contributed by atoms with Crippen LogP contribution >= 0.6 is 0 Å². The van der Waals surface area contributed by atoms with E-state index in [0.29, 0.717) is 18.0 Å². The number of nitrogens with one attached hydrogen (secondary N) is 1. The minimum absolute atomic E-state index is 0.0357. The van der Waals surface area contributed by atoms with Crippen LogP contribution < -0.4 is 19.5 Å². The highest BCUT2D eigenvalue weighted by atomic mass is 16.7. The van der Waals surface area contributed by atoms with Gasteiger partial charge in [-0.2, -0.15) is 0 Å². The molecule has 1 N–H and O–H groups in total. The smallest absolute Gasteiger partial charge is 0.258 e. The van der Waals surface area contributed by atoms with Gasteiger partial charge in [-0.25, -0.2) is 0 Å². The van der Waals surface area contributed by atoms with Gasteiger partial charge in [0.1, 0.15) is 5.75 Å². The van der Waals surface area contributed by atoms with Gasteiger partial charge < -0.3 is 19.5 Å². The molecule has 1 heterocycles. The molecule has 3 aromatic rings. The summed E-state index contributed by atoms with van der Waals surface area (Å²) >= 11 is 0. The van der Waals surface area contributed by atoms with Crippen molar-refractivity contribution in [3.8, 4) is 17.2 Å². The summed E-state index contributed by atoms with van der Waals surface area (Å²) < 4.78 is 16.3. The minimum atomic E-state index is -0.179. The Morgan fingerprint density at radius 1 is 0.933 bits per heavy atom. The normalized spacial score (nSPS) is 12.5. The fourth-order valence-corrected chi connectivity index (χ4v) is 3.44. The average molecular weight is 403 g/mol. The molecule has 1 aliphatic rings. The monoisotopic (exact) mass is 403 g/mol. The fraction of sp³-hybridized carbons (Fsp3) is 0.240. The van der Waals surface area contributed by atoms with Crippen LogP contribution in [-0.4, -0.2) is 19.3 Å². The van der Waals surface area contributed by atoms with Crippen LogP contribution in [0.1, 0.15) is 30.5 Å². The standard InChI is InChI=1S/C25H25NO4/c1-25(2,19-6-4-3-5-7-19)20-9-11-21(12-10-20)28-16-24(27)26-15-18-8-13-22-23(14-18)30-17-29-22/h3-14H,15-17H2,1-2H3,(H,26,27). The van der Waals surface area contributed by atoms with E-state index in [4.69, 9.17) is 14.2 Å². The summed E-state index contributed by atoms with van der Waals surface area (Å²) in [6, 6.07) is 23.9. The Kier molecular flexibility index (Phi) is 5.61. The summed E-state index contributed by atoms with van der Waals surface area (Å²) in [5.74, 6) is 1.92. The summed E-state index contributed by atoms with van der Waals surface area (Å²) in [7, 11) is 0. The molecule has 1 aliphatic heterocycles. The Morgan fingerprint density at radius 2 is 1.63 bits per heavy atom. The molecule has 0 radical (unpaired) electrons. The van der Waals surface area contributed by atoms with E-state index in [-0.39, 0.29) is 24.7 Å². The maximum Gasteiger partial charge on any atom is 0.258 e. The molecule has 0 atom stereocenters. The molecule has 0 unspecified atom stereocenters. The van der Waals surface area contributed by atoms with E-state index < -0.39 is 0 Å². The Balaban J connectivity index is 1.29. The van der Waals surface area contributed by atoms with Gasteiger partial charge in [-0.1, -0.05) is 62.4 Å². The Morgan fingerprint density at radius 3 is 2.40 bits per heavy atom. The van der Waals surface area contributed by atoms with Gasteiger partial charge in [0.05, 0.1) is 0 Å².